The van der Waals surface area contributed by atoms with Crippen molar-refractivity contribution >= 4 is 5.69 Å². The van der Waals surface area contributed by atoms with Crippen molar-refractivity contribution in [1.82, 2.24) is 5.32 Å². The van der Waals surface area contributed by atoms with E-state index in [2.05, 4.69) is 35.8 Å². The lowest BCUT2D eigenvalue weighted by Crippen LogP contribution is -2.44. The molecule has 1 aromatic carbocycles. The molecule has 0 spiro atoms. The van der Waals surface area contributed by atoms with Crippen molar-refractivity contribution < 1.29 is 4.74 Å². The van der Waals surface area contributed by atoms with Crippen molar-refractivity contribution in [2.75, 3.05) is 32.1 Å². The second-order valence-electron chi connectivity index (χ2n) is 5.65. The van der Waals surface area contributed by atoms with E-state index < -0.39 is 0 Å². The molecule has 0 amide bonds. The second kappa shape index (κ2) is 6.29. The van der Waals surface area contributed by atoms with Crippen molar-refractivity contribution in [2.45, 2.75) is 33.1 Å². The zero-order valence-corrected chi connectivity index (χ0v) is 12.4. The van der Waals surface area contributed by atoms with E-state index in [1.165, 1.54) is 30.5 Å². The Kier molecular flexibility index (Phi) is 4.70. The third-order valence-corrected chi connectivity index (χ3v) is 4.11. The van der Waals surface area contributed by atoms with E-state index in [-0.39, 0.29) is 0 Å². The smallest absolute Gasteiger partial charge is 0.122 e. The summed E-state index contributed by atoms with van der Waals surface area (Å²) in [6.45, 7) is 7.00. The molecular formula is C16H26N2O. The number of aryl methyl sites for hydroxylation is 1. The summed E-state index contributed by atoms with van der Waals surface area (Å²) in [5.41, 5.74) is 2.85. The molecule has 106 valence electrons. The molecule has 3 nitrogen and oxygen atoms in total. The van der Waals surface area contributed by atoms with Gasteiger partial charge in [0.15, 0.2) is 0 Å². The Bertz CT molecular complexity index is 413. The molecule has 0 aliphatic heterocycles. The molecule has 0 bridgehead atoms. The SMILES string of the molecule is CCOc1ccc(NCC2(CNC)CCC2)cc1C. The molecule has 1 fully saturated rings. The predicted molar refractivity (Wildman–Crippen MR) is 81.0 cm³/mol. The lowest BCUT2D eigenvalue weighted by Gasteiger charge is -2.42. The highest BCUT2D eigenvalue weighted by Gasteiger charge is 2.35. The number of benzene rings is 1. The number of nitrogens with one attached hydrogen (secondary N) is 2. The van der Waals surface area contributed by atoms with Crippen molar-refractivity contribution in [3.63, 3.8) is 0 Å². The van der Waals surface area contributed by atoms with Crippen LogP contribution in [0.5, 0.6) is 5.75 Å². The summed E-state index contributed by atoms with van der Waals surface area (Å²) in [5.74, 6) is 0.988. The minimum atomic E-state index is 0.460. The van der Waals surface area contributed by atoms with Gasteiger partial charge in [0, 0.05) is 24.2 Å². The average molecular weight is 262 g/mol. The summed E-state index contributed by atoms with van der Waals surface area (Å²) >= 11 is 0. The van der Waals surface area contributed by atoms with Crippen LogP contribution in [-0.2, 0) is 0 Å². The first-order valence-corrected chi connectivity index (χ1v) is 7.31. The van der Waals surface area contributed by atoms with Crippen LogP contribution in [0.3, 0.4) is 0 Å². The first-order chi connectivity index (χ1) is 9.19. The molecule has 1 aliphatic carbocycles. The van der Waals surface area contributed by atoms with Crippen LogP contribution in [0.1, 0.15) is 31.7 Å². The van der Waals surface area contributed by atoms with Gasteiger partial charge in [-0.3, -0.25) is 0 Å². The van der Waals surface area contributed by atoms with Crippen LogP contribution in [0.2, 0.25) is 0 Å². The van der Waals surface area contributed by atoms with E-state index >= 15 is 0 Å². The largest absolute Gasteiger partial charge is 0.494 e. The Labute approximate surface area is 116 Å². The van der Waals surface area contributed by atoms with Gasteiger partial charge in [-0.2, -0.15) is 0 Å². The standard InChI is InChI=1S/C16H26N2O/c1-4-19-15-7-6-14(10-13(15)2)18-12-16(11-17-3)8-5-9-16/h6-7,10,17-18H,4-5,8-9,11-12H2,1-3H3. The van der Waals surface area contributed by atoms with E-state index in [9.17, 15) is 0 Å². The van der Waals surface area contributed by atoms with Gasteiger partial charge >= 0.3 is 0 Å². The Morgan fingerprint density at radius 2 is 2.05 bits per heavy atom. The number of anilines is 1. The van der Waals surface area contributed by atoms with Crippen LogP contribution < -0.4 is 15.4 Å². The fourth-order valence-corrected chi connectivity index (χ4v) is 2.83. The molecule has 2 rings (SSSR count). The first-order valence-electron chi connectivity index (χ1n) is 7.31. The average Bonchev–Trinajstić information content (AvgIpc) is 2.36. The maximum atomic E-state index is 5.57. The normalized spacial score (nSPS) is 16.8. The first kappa shape index (κ1) is 14.2. The van der Waals surface area contributed by atoms with Gasteiger partial charge in [0.05, 0.1) is 6.61 Å². The fourth-order valence-electron chi connectivity index (χ4n) is 2.83. The van der Waals surface area contributed by atoms with Gasteiger partial charge < -0.3 is 15.4 Å². The van der Waals surface area contributed by atoms with Crippen LogP contribution >= 0.6 is 0 Å². The minimum Gasteiger partial charge on any atom is -0.494 e. The van der Waals surface area contributed by atoms with Crippen LogP contribution in [0.25, 0.3) is 0 Å². The zero-order chi connectivity index (χ0) is 13.7. The monoisotopic (exact) mass is 262 g/mol. The topological polar surface area (TPSA) is 33.3 Å². The Hall–Kier alpha value is -1.22. The Morgan fingerprint density at radius 1 is 1.26 bits per heavy atom. The molecule has 1 aliphatic rings. The summed E-state index contributed by atoms with van der Waals surface area (Å²) in [6.07, 6.45) is 4.03. The zero-order valence-electron chi connectivity index (χ0n) is 12.4. The van der Waals surface area contributed by atoms with Crippen LogP contribution in [0.15, 0.2) is 18.2 Å². The molecular weight excluding hydrogens is 236 g/mol. The number of hydrogen-bond acceptors (Lipinski definition) is 3. The number of ether oxygens (including phenoxy) is 1. The molecule has 0 atom stereocenters. The maximum absolute atomic E-state index is 5.57. The lowest BCUT2D eigenvalue weighted by molar-refractivity contribution is 0.151. The molecule has 1 aromatic rings. The molecule has 19 heavy (non-hydrogen) atoms. The van der Waals surface area contributed by atoms with Crippen molar-refractivity contribution in [1.29, 1.82) is 0 Å². The fraction of sp³-hybridized carbons (Fsp3) is 0.625. The highest BCUT2D eigenvalue weighted by Crippen LogP contribution is 2.40. The number of hydrogen-bond donors (Lipinski definition) is 2. The van der Waals surface area contributed by atoms with E-state index in [4.69, 9.17) is 4.74 Å². The summed E-state index contributed by atoms with van der Waals surface area (Å²) in [6, 6.07) is 6.35. The van der Waals surface area contributed by atoms with E-state index in [0.717, 1.165) is 25.4 Å². The van der Waals surface area contributed by atoms with Gasteiger partial charge in [-0.25, -0.2) is 0 Å². The Morgan fingerprint density at radius 3 is 2.58 bits per heavy atom. The van der Waals surface area contributed by atoms with Gasteiger partial charge in [0.1, 0.15) is 5.75 Å². The lowest BCUT2D eigenvalue weighted by atomic mass is 9.68. The summed E-state index contributed by atoms with van der Waals surface area (Å²) in [4.78, 5) is 0. The van der Waals surface area contributed by atoms with Gasteiger partial charge in [-0.1, -0.05) is 6.42 Å². The van der Waals surface area contributed by atoms with Crippen LogP contribution in [-0.4, -0.2) is 26.7 Å². The van der Waals surface area contributed by atoms with Gasteiger partial charge in [0.2, 0.25) is 0 Å². The van der Waals surface area contributed by atoms with Gasteiger partial charge in [0.25, 0.3) is 0 Å². The predicted octanol–water partition coefficient (Wildman–Crippen LogP) is 3.20. The van der Waals surface area contributed by atoms with Crippen LogP contribution in [0.4, 0.5) is 5.69 Å². The number of rotatable bonds is 7. The molecule has 2 N–H and O–H groups in total. The quantitative estimate of drug-likeness (QED) is 0.791. The molecule has 1 saturated carbocycles. The molecule has 0 saturated heterocycles. The van der Waals surface area contributed by atoms with Crippen molar-refractivity contribution in [3.05, 3.63) is 23.8 Å². The van der Waals surface area contributed by atoms with E-state index in [0.29, 0.717) is 5.41 Å². The molecule has 3 heteroatoms. The van der Waals surface area contributed by atoms with Gasteiger partial charge in [-0.15, -0.1) is 0 Å². The third kappa shape index (κ3) is 3.41. The highest BCUT2D eigenvalue weighted by molar-refractivity contribution is 5.51. The minimum absolute atomic E-state index is 0.460. The maximum Gasteiger partial charge on any atom is 0.122 e. The summed E-state index contributed by atoms with van der Waals surface area (Å²) in [5, 5.41) is 6.91. The van der Waals surface area contributed by atoms with E-state index in [1.54, 1.807) is 0 Å². The molecule has 0 aromatic heterocycles. The Balaban J connectivity index is 1.94. The van der Waals surface area contributed by atoms with Gasteiger partial charge in [-0.05, 0) is 57.5 Å². The summed E-state index contributed by atoms with van der Waals surface area (Å²) < 4.78 is 5.57. The van der Waals surface area contributed by atoms with Crippen molar-refractivity contribution in [3.8, 4) is 5.75 Å². The third-order valence-electron chi connectivity index (χ3n) is 4.11. The van der Waals surface area contributed by atoms with E-state index in [1.807, 2.05) is 14.0 Å². The second-order valence-corrected chi connectivity index (χ2v) is 5.65. The molecule has 0 unspecified atom stereocenters. The van der Waals surface area contributed by atoms with Crippen molar-refractivity contribution in [2.24, 2.45) is 5.41 Å². The highest BCUT2D eigenvalue weighted by atomic mass is 16.5. The summed E-state index contributed by atoms with van der Waals surface area (Å²) in [7, 11) is 2.04. The molecule has 0 radical (unpaired) electrons. The van der Waals surface area contributed by atoms with Crippen LogP contribution in [0, 0.1) is 12.3 Å². The molecule has 0 heterocycles.